The third kappa shape index (κ3) is 46.5. The molecule has 0 heterocycles. The first-order valence-electron chi connectivity index (χ1n) is 25.5. The van der Waals surface area contributed by atoms with E-state index in [4.69, 9.17) is 14.2 Å². The van der Waals surface area contributed by atoms with Crippen molar-refractivity contribution in [2.45, 2.75) is 271 Å². The summed E-state index contributed by atoms with van der Waals surface area (Å²) in [7, 11) is 0. The Morgan fingerprint density at radius 3 is 0.847 bits per heavy atom. The molecule has 0 spiro atoms. The van der Waals surface area contributed by atoms with Gasteiger partial charge in [0.05, 0.1) is 0 Å². The average Bonchev–Trinajstić information content (AvgIpc) is 3.23. The molecule has 6 heteroatoms. The van der Waals surface area contributed by atoms with Gasteiger partial charge in [-0.25, -0.2) is 0 Å². The molecule has 344 valence electrons. The molecule has 0 aromatic heterocycles. The molecule has 0 radical (unpaired) electrons. The molecule has 0 aliphatic carbocycles. The highest BCUT2D eigenvalue weighted by molar-refractivity contribution is 5.71. The lowest BCUT2D eigenvalue weighted by atomic mass is 10.1. The van der Waals surface area contributed by atoms with Gasteiger partial charge in [0.2, 0.25) is 0 Å². The zero-order valence-electron chi connectivity index (χ0n) is 39.3. The molecule has 6 nitrogen and oxygen atoms in total. The number of unbranched alkanes of at least 4 members (excludes halogenated alkanes) is 29. The number of esters is 3. The third-order valence-corrected chi connectivity index (χ3v) is 11.1. The van der Waals surface area contributed by atoms with E-state index >= 15 is 0 Å². The number of hydrogen-bond donors (Lipinski definition) is 0. The zero-order valence-corrected chi connectivity index (χ0v) is 39.3. The fourth-order valence-electron chi connectivity index (χ4n) is 7.19. The van der Waals surface area contributed by atoms with Crippen molar-refractivity contribution < 1.29 is 28.6 Å². The van der Waals surface area contributed by atoms with Crippen LogP contribution in [0.3, 0.4) is 0 Å². The average molecular weight is 829 g/mol. The summed E-state index contributed by atoms with van der Waals surface area (Å²) in [6.45, 7) is 6.59. The zero-order chi connectivity index (χ0) is 43.0. The van der Waals surface area contributed by atoms with Crippen LogP contribution in [0.1, 0.15) is 265 Å². The number of carbonyl (C=O) groups is 3. The second kappa shape index (κ2) is 48.3. The summed E-state index contributed by atoms with van der Waals surface area (Å²) in [4.78, 5) is 37.9. The number of hydrogen-bond acceptors (Lipinski definition) is 6. The maximum absolute atomic E-state index is 12.8. The molecule has 0 aliphatic heterocycles. The Morgan fingerprint density at radius 2 is 0.559 bits per heavy atom. The van der Waals surface area contributed by atoms with E-state index in [0.717, 1.165) is 70.6 Å². The SMILES string of the molecule is CCCCCC/C=C/CCCCCCCCCC(=O)OC(COC(=O)CCCCCCC/C=C/CCCCCC)COC(=O)CCCCCCC/C=C/CCCCCC. The van der Waals surface area contributed by atoms with Gasteiger partial charge < -0.3 is 14.2 Å². The van der Waals surface area contributed by atoms with Gasteiger partial charge in [-0.1, -0.05) is 186 Å². The van der Waals surface area contributed by atoms with Crippen LogP contribution in [-0.4, -0.2) is 37.2 Å². The van der Waals surface area contributed by atoms with E-state index in [0.29, 0.717) is 19.3 Å². The number of allylic oxidation sites excluding steroid dienone is 6. The molecular formula is C53H96O6. The van der Waals surface area contributed by atoms with Crippen LogP contribution in [0.4, 0.5) is 0 Å². The van der Waals surface area contributed by atoms with Crippen LogP contribution in [-0.2, 0) is 28.6 Å². The molecule has 0 aromatic rings. The minimum atomic E-state index is -0.778. The Balaban J connectivity index is 4.39. The lowest BCUT2D eigenvalue weighted by Crippen LogP contribution is -2.30. The molecule has 0 fully saturated rings. The van der Waals surface area contributed by atoms with Crippen LogP contribution in [0.25, 0.3) is 0 Å². The molecule has 0 saturated heterocycles. The van der Waals surface area contributed by atoms with Gasteiger partial charge in [0.15, 0.2) is 6.10 Å². The van der Waals surface area contributed by atoms with Gasteiger partial charge in [-0.05, 0) is 96.3 Å². The Morgan fingerprint density at radius 1 is 0.322 bits per heavy atom. The Labute approximate surface area is 365 Å². The predicted molar refractivity (Wildman–Crippen MR) is 252 cm³/mol. The normalized spacial score (nSPS) is 11.8. The van der Waals surface area contributed by atoms with Crippen LogP contribution in [0.2, 0.25) is 0 Å². The highest BCUT2D eigenvalue weighted by atomic mass is 16.6. The minimum Gasteiger partial charge on any atom is -0.462 e. The van der Waals surface area contributed by atoms with Crippen molar-refractivity contribution in [1.29, 1.82) is 0 Å². The summed E-state index contributed by atoms with van der Waals surface area (Å²) in [5.41, 5.74) is 0. The largest absolute Gasteiger partial charge is 0.462 e. The molecule has 59 heavy (non-hydrogen) atoms. The monoisotopic (exact) mass is 829 g/mol. The number of carbonyl (C=O) groups excluding carboxylic acids is 3. The minimum absolute atomic E-state index is 0.0795. The first-order valence-corrected chi connectivity index (χ1v) is 25.5. The first kappa shape index (κ1) is 56.6. The number of rotatable bonds is 46. The molecule has 0 bridgehead atoms. The van der Waals surface area contributed by atoms with E-state index in [1.54, 1.807) is 0 Å². The maximum Gasteiger partial charge on any atom is 0.306 e. The van der Waals surface area contributed by atoms with Gasteiger partial charge >= 0.3 is 17.9 Å². The van der Waals surface area contributed by atoms with Gasteiger partial charge in [-0.15, -0.1) is 0 Å². The smallest absolute Gasteiger partial charge is 0.306 e. The Bertz CT molecular complexity index is 948. The van der Waals surface area contributed by atoms with Crippen LogP contribution in [0.15, 0.2) is 36.5 Å². The van der Waals surface area contributed by atoms with E-state index in [1.165, 1.54) is 154 Å². The molecule has 0 saturated carbocycles. The van der Waals surface area contributed by atoms with Crippen molar-refractivity contribution in [2.24, 2.45) is 0 Å². The first-order chi connectivity index (χ1) is 29.0. The quantitative estimate of drug-likeness (QED) is 0.0263. The van der Waals surface area contributed by atoms with E-state index in [1.807, 2.05) is 0 Å². The van der Waals surface area contributed by atoms with E-state index in [-0.39, 0.29) is 31.1 Å². The molecule has 0 aliphatic rings. The van der Waals surface area contributed by atoms with Crippen molar-refractivity contribution in [3.8, 4) is 0 Å². The molecule has 0 rings (SSSR count). The molecule has 0 unspecified atom stereocenters. The topological polar surface area (TPSA) is 78.9 Å². The second-order valence-corrected chi connectivity index (χ2v) is 17.1. The van der Waals surface area contributed by atoms with Crippen LogP contribution in [0, 0.1) is 0 Å². The summed E-state index contributed by atoms with van der Waals surface area (Å²) >= 11 is 0. The second-order valence-electron chi connectivity index (χ2n) is 17.1. The van der Waals surface area contributed by atoms with Crippen LogP contribution >= 0.6 is 0 Å². The van der Waals surface area contributed by atoms with E-state index in [2.05, 4.69) is 57.2 Å². The highest BCUT2D eigenvalue weighted by Gasteiger charge is 2.19. The lowest BCUT2D eigenvalue weighted by molar-refractivity contribution is -0.167. The van der Waals surface area contributed by atoms with Gasteiger partial charge in [-0.3, -0.25) is 14.4 Å². The Kier molecular flexibility index (Phi) is 46.4. The highest BCUT2D eigenvalue weighted by Crippen LogP contribution is 2.14. The fraction of sp³-hybridized carbons (Fsp3) is 0.830. The summed E-state index contributed by atoms with van der Waals surface area (Å²) in [6, 6.07) is 0. The molecular weight excluding hydrogens is 733 g/mol. The number of ether oxygens (including phenoxy) is 3. The van der Waals surface area contributed by atoms with Crippen molar-refractivity contribution in [3.63, 3.8) is 0 Å². The van der Waals surface area contributed by atoms with Crippen molar-refractivity contribution in [2.75, 3.05) is 13.2 Å². The van der Waals surface area contributed by atoms with Crippen molar-refractivity contribution in [1.82, 2.24) is 0 Å². The van der Waals surface area contributed by atoms with Gasteiger partial charge in [0.1, 0.15) is 13.2 Å². The van der Waals surface area contributed by atoms with Crippen molar-refractivity contribution in [3.05, 3.63) is 36.5 Å². The third-order valence-electron chi connectivity index (χ3n) is 11.1. The summed E-state index contributed by atoms with van der Waals surface area (Å²) in [6.07, 6.45) is 55.5. The maximum atomic E-state index is 12.8. The van der Waals surface area contributed by atoms with Gasteiger partial charge in [0.25, 0.3) is 0 Å². The summed E-state index contributed by atoms with van der Waals surface area (Å²) < 4.78 is 16.8. The van der Waals surface area contributed by atoms with Crippen LogP contribution in [0.5, 0.6) is 0 Å². The van der Waals surface area contributed by atoms with Crippen LogP contribution < -0.4 is 0 Å². The molecule has 0 aromatic carbocycles. The summed E-state index contributed by atoms with van der Waals surface area (Å²) in [5.74, 6) is -0.894. The Hall–Kier alpha value is -2.37. The van der Waals surface area contributed by atoms with Gasteiger partial charge in [0, 0.05) is 19.3 Å². The molecule has 0 atom stereocenters. The van der Waals surface area contributed by atoms with Gasteiger partial charge in [-0.2, -0.15) is 0 Å². The predicted octanol–water partition coefficient (Wildman–Crippen LogP) is 16.5. The fourth-order valence-corrected chi connectivity index (χ4v) is 7.19. The van der Waals surface area contributed by atoms with E-state index in [9.17, 15) is 14.4 Å². The molecule has 0 amide bonds. The molecule has 0 N–H and O–H groups in total. The summed E-state index contributed by atoms with van der Waals surface area (Å²) in [5, 5.41) is 0. The lowest BCUT2D eigenvalue weighted by Gasteiger charge is -2.18. The van der Waals surface area contributed by atoms with Crippen molar-refractivity contribution >= 4 is 17.9 Å². The standard InChI is InChI=1S/C53H96O6/c1-4-7-10-13-16-19-22-25-26-29-32-35-38-41-44-47-53(56)59-50(48-57-51(54)45-42-39-36-33-30-27-23-20-17-14-11-8-5-2)49-58-52(55)46-43-40-37-34-31-28-24-21-18-15-12-9-6-3/h19-24,50H,4-18,25-49H2,1-3H3/b22-19+,23-20+,24-21+. The van der Waals surface area contributed by atoms with E-state index < -0.39 is 6.10 Å².